The molecular formula is C8H11F3N2. The van der Waals surface area contributed by atoms with E-state index in [1.165, 1.54) is 0 Å². The van der Waals surface area contributed by atoms with Gasteiger partial charge in [0.25, 0.3) is 0 Å². The first-order valence-corrected chi connectivity index (χ1v) is 4.23. The molecule has 2 nitrogen and oxygen atoms in total. The van der Waals surface area contributed by atoms with Crippen LogP contribution in [0.1, 0.15) is 25.7 Å². The van der Waals surface area contributed by atoms with Crippen molar-refractivity contribution in [3.8, 4) is 6.07 Å². The standard InChI is InChI=1S/C8H11F3N2/c9-8(10,11)7(4-5-12)13-6-2-1-3-6/h6-7,13H,1-4H2. The van der Waals surface area contributed by atoms with Crippen LogP contribution in [0.25, 0.3) is 0 Å². The first-order valence-electron chi connectivity index (χ1n) is 4.23. The lowest BCUT2D eigenvalue weighted by atomic mass is 9.92. The van der Waals surface area contributed by atoms with Crippen molar-refractivity contribution in [2.75, 3.05) is 0 Å². The minimum absolute atomic E-state index is 0.0417. The Hall–Kier alpha value is -0.760. The molecule has 1 saturated carbocycles. The summed E-state index contributed by atoms with van der Waals surface area (Å²) >= 11 is 0. The summed E-state index contributed by atoms with van der Waals surface area (Å²) in [5.41, 5.74) is 0. The van der Waals surface area contributed by atoms with Gasteiger partial charge in [-0.25, -0.2) is 0 Å². The summed E-state index contributed by atoms with van der Waals surface area (Å²) in [5.74, 6) is 0. The van der Waals surface area contributed by atoms with E-state index in [1.54, 1.807) is 6.07 Å². The lowest BCUT2D eigenvalue weighted by molar-refractivity contribution is -0.157. The molecule has 1 N–H and O–H groups in total. The summed E-state index contributed by atoms with van der Waals surface area (Å²) in [6.07, 6.45) is -2.24. The van der Waals surface area contributed by atoms with E-state index in [9.17, 15) is 13.2 Å². The van der Waals surface area contributed by atoms with Crippen molar-refractivity contribution in [2.24, 2.45) is 0 Å². The zero-order valence-electron chi connectivity index (χ0n) is 7.06. The largest absolute Gasteiger partial charge is 0.404 e. The maximum Gasteiger partial charge on any atom is 0.404 e. The molecule has 1 atom stereocenters. The second kappa shape index (κ2) is 3.97. The fraction of sp³-hybridized carbons (Fsp3) is 0.875. The minimum Gasteiger partial charge on any atom is -0.302 e. The highest BCUT2D eigenvalue weighted by Gasteiger charge is 2.41. The van der Waals surface area contributed by atoms with Gasteiger partial charge in [-0.15, -0.1) is 0 Å². The van der Waals surface area contributed by atoms with E-state index in [-0.39, 0.29) is 6.04 Å². The fourth-order valence-corrected chi connectivity index (χ4v) is 1.22. The monoisotopic (exact) mass is 192 g/mol. The molecule has 5 heteroatoms. The molecule has 0 aromatic heterocycles. The van der Waals surface area contributed by atoms with Crippen LogP contribution in [0.15, 0.2) is 0 Å². The number of nitrogens with one attached hydrogen (secondary N) is 1. The van der Waals surface area contributed by atoms with Crippen LogP contribution in [0.2, 0.25) is 0 Å². The molecule has 0 aromatic carbocycles. The van der Waals surface area contributed by atoms with Gasteiger partial charge in [-0.1, -0.05) is 6.42 Å². The van der Waals surface area contributed by atoms with Gasteiger partial charge in [0, 0.05) is 6.04 Å². The predicted molar refractivity (Wildman–Crippen MR) is 40.8 cm³/mol. The van der Waals surface area contributed by atoms with Crippen LogP contribution in [-0.2, 0) is 0 Å². The molecule has 1 fully saturated rings. The van der Waals surface area contributed by atoms with E-state index in [0.29, 0.717) is 0 Å². The van der Waals surface area contributed by atoms with Crippen LogP contribution in [0.5, 0.6) is 0 Å². The smallest absolute Gasteiger partial charge is 0.302 e. The Morgan fingerprint density at radius 3 is 2.38 bits per heavy atom. The Balaban J connectivity index is 2.42. The highest BCUT2D eigenvalue weighted by Crippen LogP contribution is 2.26. The summed E-state index contributed by atoms with van der Waals surface area (Å²) in [4.78, 5) is 0. The van der Waals surface area contributed by atoms with E-state index in [4.69, 9.17) is 5.26 Å². The van der Waals surface area contributed by atoms with Crippen molar-refractivity contribution in [1.82, 2.24) is 5.32 Å². The van der Waals surface area contributed by atoms with Crippen molar-refractivity contribution in [1.29, 1.82) is 5.26 Å². The van der Waals surface area contributed by atoms with Crippen LogP contribution >= 0.6 is 0 Å². The third kappa shape index (κ3) is 2.88. The number of nitrogens with zero attached hydrogens (tertiary/aromatic N) is 1. The topological polar surface area (TPSA) is 35.8 Å². The van der Waals surface area contributed by atoms with Gasteiger partial charge in [0.05, 0.1) is 12.5 Å². The number of alkyl halides is 3. The van der Waals surface area contributed by atoms with E-state index < -0.39 is 18.6 Å². The SMILES string of the molecule is N#CCC(NC1CCC1)C(F)(F)F. The van der Waals surface area contributed by atoms with E-state index in [2.05, 4.69) is 5.32 Å². The molecule has 0 heterocycles. The number of hydrogen-bond donors (Lipinski definition) is 1. The lowest BCUT2D eigenvalue weighted by Crippen LogP contribution is -2.49. The average molecular weight is 192 g/mol. The van der Waals surface area contributed by atoms with Crippen molar-refractivity contribution in [3.63, 3.8) is 0 Å². The van der Waals surface area contributed by atoms with E-state index in [0.717, 1.165) is 19.3 Å². The van der Waals surface area contributed by atoms with Gasteiger partial charge < -0.3 is 5.32 Å². The highest BCUT2D eigenvalue weighted by atomic mass is 19.4. The van der Waals surface area contributed by atoms with Crippen LogP contribution in [0.3, 0.4) is 0 Å². The van der Waals surface area contributed by atoms with Crippen LogP contribution < -0.4 is 5.32 Å². The molecule has 0 aliphatic heterocycles. The minimum atomic E-state index is -4.30. The van der Waals surface area contributed by atoms with Crippen LogP contribution in [0, 0.1) is 11.3 Å². The molecule has 0 amide bonds. The van der Waals surface area contributed by atoms with Gasteiger partial charge in [0.2, 0.25) is 0 Å². The second-order valence-electron chi connectivity index (χ2n) is 3.25. The Morgan fingerprint density at radius 2 is 2.08 bits per heavy atom. The molecule has 1 unspecified atom stereocenters. The third-order valence-corrected chi connectivity index (χ3v) is 2.23. The van der Waals surface area contributed by atoms with Crippen molar-refractivity contribution in [2.45, 2.75) is 43.9 Å². The molecule has 74 valence electrons. The fourth-order valence-electron chi connectivity index (χ4n) is 1.22. The lowest BCUT2D eigenvalue weighted by Gasteiger charge is -2.31. The number of nitriles is 1. The molecule has 0 saturated heterocycles. The molecular weight excluding hydrogens is 181 g/mol. The summed E-state index contributed by atoms with van der Waals surface area (Å²) in [6.45, 7) is 0. The summed E-state index contributed by atoms with van der Waals surface area (Å²) in [5, 5.41) is 10.7. The highest BCUT2D eigenvalue weighted by molar-refractivity contribution is 4.90. The summed E-state index contributed by atoms with van der Waals surface area (Å²) in [6, 6.07) is -0.146. The first kappa shape index (κ1) is 10.3. The van der Waals surface area contributed by atoms with Crippen molar-refractivity contribution < 1.29 is 13.2 Å². The van der Waals surface area contributed by atoms with Gasteiger partial charge in [-0.3, -0.25) is 0 Å². The molecule has 0 bridgehead atoms. The summed E-state index contributed by atoms with van der Waals surface area (Å²) < 4.78 is 36.6. The van der Waals surface area contributed by atoms with Crippen LogP contribution in [0.4, 0.5) is 13.2 Å². The van der Waals surface area contributed by atoms with E-state index in [1.807, 2.05) is 0 Å². The van der Waals surface area contributed by atoms with E-state index >= 15 is 0 Å². The molecule has 0 spiro atoms. The number of hydrogen-bond acceptors (Lipinski definition) is 2. The van der Waals surface area contributed by atoms with Gasteiger partial charge in [-0.05, 0) is 12.8 Å². The third-order valence-electron chi connectivity index (χ3n) is 2.23. The summed E-state index contributed by atoms with van der Waals surface area (Å²) in [7, 11) is 0. The Kier molecular flexibility index (Phi) is 3.15. The zero-order chi connectivity index (χ0) is 9.90. The molecule has 0 radical (unpaired) electrons. The Labute approximate surface area is 74.7 Å². The normalized spacial score (nSPS) is 20.5. The van der Waals surface area contributed by atoms with Crippen molar-refractivity contribution in [3.05, 3.63) is 0 Å². The first-order chi connectivity index (χ1) is 6.04. The van der Waals surface area contributed by atoms with Gasteiger partial charge in [-0.2, -0.15) is 18.4 Å². The molecule has 0 aromatic rings. The molecule has 1 aliphatic rings. The zero-order valence-corrected chi connectivity index (χ0v) is 7.06. The second-order valence-corrected chi connectivity index (χ2v) is 3.25. The van der Waals surface area contributed by atoms with Crippen LogP contribution in [-0.4, -0.2) is 18.3 Å². The molecule has 13 heavy (non-hydrogen) atoms. The average Bonchev–Trinajstić information content (AvgIpc) is 1.91. The van der Waals surface area contributed by atoms with Gasteiger partial charge in [0.1, 0.15) is 6.04 Å². The molecule has 1 aliphatic carbocycles. The molecule has 1 rings (SSSR count). The number of halogens is 3. The Bertz CT molecular complexity index is 202. The predicted octanol–water partition coefficient (Wildman–Crippen LogP) is 1.97. The van der Waals surface area contributed by atoms with Gasteiger partial charge >= 0.3 is 6.18 Å². The van der Waals surface area contributed by atoms with Crippen molar-refractivity contribution >= 4 is 0 Å². The quantitative estimate of drug-likeness (QED) is 0.742. The number of rotatable bonds is 3. The maximum absolute atomic E-state index is 12.2. The Morgan fingerprint density at radius 1 is 1.46 bits per heavy atom. The van der Waals surface area contributed by atoms with Gasteiger partial charge in [0.15, 0.2) is 0 Å². The maximum atomic E-state index is 12.2.